The largest absolute Gasteiger partial charge is 0.376 e. The summed E-state index contributed by atoms with van der Waals surface area (Å²) in [6, 6.07) is 8.97. The molecule has 1 aromatic rings. The van der Waals surface area contributed by atoms with Crippen LogP contribution in [0.2, 0.25) is 0 Å². The highest BCUT2D eigenvalue weighted by Crippen LogP contribution is 2.31. The fourth-order valence-corrected chi connectivity index (χ4v) is 4.00. The van der Waals surface area contributed by atoms with Crippen molar-refractivity contribution in [3.8, 4) is 0 Å². The molecule has 0 bridgehead atoms. The second-order valence-corrected chi connectivity index (χ2v) is 8.38. The fraction of sp³-hybridized carbons (Fsp3) is 0.682. The van der Waals surface area contributed by atoms with E-state index in [1.807, 2.05) is 0 Å². The zero-order valence-electron chi connectivity index (χ0n) is 15.3. The van der Waals surface area contributed by atoms with E-state index in [2.05, 4.69) is 29.2 Å². The highest BCUT2D eigenvalue weighted by molar-refractivity contribution is 5.79. The van der Waals surface area contributed by atoms with Crippen LogP contribution in [-0.4, -0.2) is 30.5 Å². The minimum atomic E-state index is 0.353. The van der Waals surface area contributed by atoms with Gasteiger partial charge in [-0.15, -0.1) is 0 Å². The van der Waals surface area contributed by atoms with Crippen LogP contribution < -0.4 is 0 Å². The molecule has 0 radical (unpaired) electrons. The normalized spacial score (nSPS) is 22.0. The van der Waals surface area contributed by atoms with Gasteiger partial charge in [0, 0.05) is 25.6 Å². The lowest BCUT2D eigenvalue weighted by Crippen LogP contribution is -2.43. The number of likely N-dealkylation sites (tertiary alicyclic amines) is 1. The Labute approximate surface area is 151 Å². The first-order chi connectivity index (χ1) is 12.3. The van der Waals surface area contributed by atoms with Crippen LogP contribution >= 0.6 is 0 Å². The lowest BCUT2D eigenvalue weighted by Gasteiger charge is -2.36. The summed E-state index contributed by atoms with van der Waals surface area (Å²) >= 11 is 0. The molecule has 0 N–H and O–H groups in total. The molecular formula is C22H31NO2. The van der Waals surface area contributed by atoms with Crippen molar-refractivity contribution >= 4 is 5.91 Å². The predicted molar refractivity (Wildman–Crippen MR) is 99.2 cm³/mol. The number of piperidine rings is 1. The number of ether oxygens (including phenoxy) is 1. The standard InChI is InChI=1S/C22H31NO2/c24-22(21-2-1-3-21)23-12-10-18(11-13-23)14-17-4-6-19(7-5-17)15-25-16-20-8-9-20/h4-7,18,20-21H,1-3,8-16H2. The number of amides is 1. The van der Waals surface area contributed by atoms with Crippen LogP contribution in [0.4, 0.5) is 0 Å². The monoisotopic (exact) mass is 341 g/mol. The Balaban J connectivity index is 1.19. The summed E-state index contributed by atoms with van der Waals surface area (Å²) in [4.78, 5) is 14.5. The molecule has 0 aromatic heterocycles. The number of rotatable bonds is 7. The van der Waals surface area contributed by atoms with Gasteiger partial charge in [-0.1, -0.05) is 30.7 Å². The summed E-state index contributed by atoms with van der Waals surface area (Å²) in [5, 5.41) is 0. The summed E-state index contributed by atoms with van der Waals surface area (Å²) < 4.78 is 5.76. The van der Waals surface area contributed by atoms with Crippen LogP contribution in [-0.2, 0) is 22.6 Å². The van der Waals surface area contributed by atoms with E-state index < -0.39 is 0 Å². The molecule has 1 heterocycles. The van der Waals surface area contributed by atoms with E-state index in [4.69, 9.17) is 4.74 Å². The second kappa shape index (κ2) is 7.90. The zero-order chi connectivity index (χ0) is 17.1. The lowest BCUT2D eigenvalue weighted by atomic mass is 9.83. The first-order valence-electron chi connectivity index (χ1n) is 10.2. The molecule has 1 aromatic carbocycles. The van der Waals surface area contributed by atoms with Crippen LogP contribution in [0.25, 0.3) is 0 Å². The third-order valence-corrected chi connectivity index (χ3v) is 6.25. The van der Waals surface area contributed by atoms with E-state index in [0.717, 1.165) is 70.2 Å². The van der Waals surface area contributed by atoms with E-state index >= 15 is 0 Å². The number of hydrogen-bond acceptors (Lipinski definition) is 2. The third-order valence-electron chi connectivity index (χ3n) is 6.25. The van der Waals surface area contributed by atoms with Gasteiger partial charge in [0.2, 0.25) is 5.91 Å². The number of carbonyl (C=O) groups excluding carboxylic acids is 1. The highest BCUT2D eigenvalue weighted by Gasteiger charge is 2.31. The Morgan fingerprint density at radius 3 is 2.20 bits per heavy atom. The van der Waals surface area contributed by atoms with Crippen LogP contribution in [0.5, 0.6) is 0 Å². The Morgan fingerprint density at radius 1 is 0.920 bits per heavy atom. The molecular weight excluding hydrogens is 310 g/mol. The Morgan fingerprint density at radius 2 is 1.60 bits per heavy atom. The molecule has 0 atom stereocenters. The van der Waals surface area contributed by atoms with Crippen LogP contribution in [0.3, 0.4) is 0 Å². The molecule has 1 amide bonds. The van der Waals surface area contributed by atoms with Gasteiger partial charge in [0.25, 0.3) is 0 Å². The first-order valence-corrected chi connectivity index (χ1v) is 10.2. The topological polar surface area (TPSA) is 29.5 Å². The van der Waals surface area contributed by atoms with Crippen LogP contribution in [0, 0.1) is 17.8 Å². The van der Waals surface area contributed by atoms with Crippen molar-refractivity contribution in [3.63, 3.8) is 0 Å². The molecule has 25 heavy (non-hydrogen) atoms. The highest BCUT2D eigenvalue weighted by atomic mass is 16.5. The molecule has 3 aliphatic rings. The molecule has 3 heteroatoms. The minimum Gasteiger partial charge on any atom is -0.376 e. The van der Waals surface area contributed by atoms with Crippen LogP contribution in [0.1, 0.15) is 56.1 Å². The maximum atomic E-state index is 12.3. The molecule has 3 fully saturated rings. The smallest absolute Gasteiger partial charge is 0.225 e. The molecule has 0 unspecified atom stereocenters. The summed E-state index contributed by atoms with van der Waals surface area (Å²) in [5.41, 5.74) is 2.71. The van der Waals surface area contributed by atoms with E-state index in [1.54, 1.807) is 0 Å². The second-order valence-electron chi connectivity index (χ2n) is 8.38. The third kappa shape index (κ3) is 4.63. The molecule has 0 spiro atoms. The van der Waals surface area contributed by atoms with E-state index in [-0.39, 0.29) is 0 Å². The van der Waals surface area contributed by atoms with E-state index in [0.29, 0.717) is 11.8 Å². The van der Waals surface area contributed by atoms with Gasteiger partial charge in [-0.25, -0.2) is 0 Å². The van der Waals surface area contributed by atoms with Crippen LogP contribution in [0.15, 0.2) is 24.3 Å². The van der Waals surface area contributed by atoms with Gasteiger partial charge in [0.05, 0.1) is 6.61 Å². The first kappa shape index (κ1) is 17.1. The van der Waals surface area contributed by atoms with Crippen molar-refractivity contribution < 1.29 is 9.53 Å². The number of benzene rings is 1. The van der Waals surface area contributed by atoms with Crippen molar-refractivity contribution in [2.45, 2.75) is 58.0 Å². The average Bonchev–Trinajstić information content (AvgIpc) is 3.40. The molecule has 2 aliphatic carbocycles. The quantitative estimate of drug-likeness (QED) is 0.744. The molecule has 2 saturated carbocycles. The van der Waals surface area contributed by atoms with Crippen molar-refractivity contribution in [1.82, 2.24) is 4.90 Å². The molecule has 1 aliphatic heterocycles. The van der Waals surface area contributed by atoms with Gasteiger partial charge in [-0.2, -0.15) is 0 Å². The van der Waals surface area contributed by atoms with Crippen molar-refractivity contribution in [2.24, 2.45) is 17.8 Å². The average molecular weight is 341 g/mol. The molecule has 1 saturated heterocycles. The summed E-state index contributed by atoms with van der Waals surface area (Å²) in [7, 11) is 0. The van der Waals surface area contributed by atoms with Gasteiger partial charge < -0.3 is 9.64 Å². The maximum absolute atomic E-state index is 12.3. The van der Waals surface area contributed by atoms with Gasteiger partial charge in [-0.3, -0.25) is 4.79 Å². The number of hydrogen-bond donors (Lipinski definition) is 0. The van der Waals surface area contributed by atoms with Gasteiger partial charge in [0.15, 0.2) is 0 Å². The van der Waals surface area contributed by atoms with Crippen molar-refractivity contribution in [3.05, 3.63) is 35.4 Å². The van der Waals surface area contributed by atoms with Crippen molar-refractivity contribution in [1.29, 1.82) is 0 Å². The van der Waals surface area contributed by atoms with Crippen molar-refractivity contribution in [2.75, 3.05) is 19.7 Å². The van der Waals surface area contributed by atoms with Gasteiger partial charge in [0.1, 0.15) is 0 Å². The minimum absolute atomic E-state index is 0.353. The van der Waals surface area contributed by atoms with Gasteiger partial charge in [-0.05, 0) is 67.9 Å². The zero-order valence-corrected chi connectivity index (χ0v) is 15.3. The summed E-state index contributed by atoms with van der Waals surface area (Å²) in [6.45, 7) is 3.61. The Hall–Kier alpha value is -1.35. The Kier molecular flexibility index (Phi) is 5.40. The maximum Gasteiger partial charge on any atom is 0.225 e. The Bertz CT molecular complexity index is 566. The fourth-order valence-electron chi connectivity index (χ4n) is 4.00. The SMILES string of the molecule is O=C(C1CCC1)N1CCC(Cc2ccc(COCC3CC3)cc2)CC1. The van der Waals surface area contributed by atoms with E-state index in [9.17, 15) is 4.79 Å². The number of carbonyl (C=O) groups is 1. The lowest BCUT2D eigenvalue weighted by molar-refractivity contribution is -0.139. The summed E-state index contributed by atoms with van der Waals surface area (Å²) in [6.07, 6.45) is 9.65. The summed E-state index contributed by atoms with van der Waals surface area (Å²) in [5.74, 6) is 2.34. The van der Waals surface area contributed by atoms with Gasteiger partial charge >= 0.3 is 0 Å². The predicted octanol–water partition coefficient (Wildman–Crippen LogP) is 4.19. The molecule has 4 rings (SSSR count). The molecule has 136 valence electrons. The molecule has 3 nitrogen and oxygen atoms in total. The number of nitrogens with zero attached hydrogens (tertiary/aromatic N) is 1. The van der Waals surface area contributed by atoms with E-state index in [1.165, 1.54) is 30.4 Å².